The quantitative estimate of drug-likeness (QED) is 0.857. The van der Waals surface area contributed by atoms with Crippen molar-refractivity contribution in [3.63, 3.8) is 0 Å². The van der Waals surface area contributed by atoms with Gasteiger partial charge < -0.3 is 10.5 Å². The highest BCUT2D eigenvalue weighted by Gasteiger charge is 2.35. The first-order chi connectivity index (χ1) is 9.54. The molecule has 1 aliphatic rings. The Morgan fingerprint density at radius 2 is 2.10 bits per heavy atom. The second-order valence-electron chi connectivity index (χ2n) is 4.96. The molecular formula is C14H18F2N2O2. The van der Waals surface area contributed by atoms with E-state index in [-0.39, 0.29) is 11.6 Å². The van der Waals surface area contributed by atoms with Crippen molar-refractivity contribution in [3.05, 3.63) is 35.4 Å². The van der Waals surface area contributed by atoms with Crippen LogP contribution in [0.5, 0.6) is 0 Å². The van der Waals surface area contributed by atoms with Crippen LogP contribution in [0.2, 0.25) is 0 Å². The first kappa shape index (κ1) is 14.9. The molecule has 1 aliphatic heterocycles. The average molecular weight is 284 g/mol. The summed E-state index contributed by atoms with van der Waals surface area (Å²) in [6.07, 6.45) is 1.62. The lowest BCUT2D eigenvalue weighted by Crippen LogP contribution is -2.47. The number of piperidine rings is 1. The minimum Gasteiger partial charge on any atom is -0.468 e. The van der Waals surface area contributed by atoms with E-state index in [9.17, 15) is 13.6 Å². The Balaban J connectivity index is 2.39. The smallest absolute Gasteiger partial charge is 0.327 e. The molecule has 110 valence electrons. The first-order valence-electron chi connectivity index (χ1n) is 6.56. The van der Waals surface area contributed by atoms with Crippen LogP contribution in [0.25, 0.3) is 0 Å². The van der Waals surface area contributed by atoms with Gasteiger partial charge in [-0.3, -0.25) is 4.90 Å². The Morgan fingerprint density at radius 1 is 1.45 bits per heavy atom. The number of carbonyl (C=O) groups excluding carboxylic acids is 1. The van der Waals surface area contributed by atoms with Gasteiger partial charge in [-0.15, -0.1) is 0 Å². The zero-order chi connectivity index (χ0) is 14.7. The molecule has 2 atom stereocenters. The number of hydrogen-bond donors (Lipinski definition) is 1. The Morgan fingerprint density at radius 3 is 2.65 bits per heavy atom. The van der Waals surface area contributed by atoms with Crippen LogP contribution in [0.1, 0.15) is 24.4 Å². The number of esters is 1. The van der Waals surface area contributed by atoms with Crippen molar-refractivity contribution in [1.29, 1.82) is 0 Å². The third kappa shape index (κ3) is 2.96. The number of nitrogens with zero attached hydrogens (tertiary/aromatic N) is 1. The van der Waals surface area contributed by atoms with Crippen LogP contribution < -0.4 is 5.73 Å². The largest absolute Gasteiger partial charge is 0.468 e. The summed E-state index contributed by atoms with van der Waals surface area (Å²) in [4.78, 5) is 13.7. The molecule has 0 aromatic heterocycles. The van der Waals surface area contributed by atoms with E-state index in [4.69, 9.17) is 10.5 Å². The van der Waals surface area contributed by atoms with Crippen molar-refractivity contribution in [3.8, 4) is 0 Å². The van der Waals surface area contributed by atoms with Gasteiger partial charge in [-0.1, -0.05) is 6.07 Å². The molecule has 1 fully saturated rings. The van der Waals surface area contributed by atoms with E-state index in [0.29, 0.717) is 13.1 Å². The van der Waals surface area contributed by atoms with Gasteiger partial charge in [-0.2, -0.15) is 0 Å². The van der Waals surface area contributed by atoms with E-state index >= 15 is 0 Å². The monoisotopic (exact) mass is 284 g/mol. The van der Waals surface area contributed by atoms with E-state index in [1.807, 2.05) is 0 Å². The molecule has 0 amide bonds. The van der Waals surface area contributed by atoms with Crippen molar-refractivity contribution < 1.29 is 18.3 Å². The van der Waals surface area contributed by atoms with Crippen LogP contribution in [-0.4, -0.2) is 37.1 Å². The zero-order valence-electron chi connectivity index (χ0n) is 11.3. The summed E-state index contributed by atoms with van der Waals surface area (Å²) < 4.78 is 32.6. The SMILES string of the molecule is COC(=O)C(c1c(F)cccc1F)N1CCC[C@@H](N)C1. The highest BCUT2D eigenvalue weighted by molar-refractivity contribution is 5.77. The van der Waals surface area contributed by atoms with Gasteiger partial charge in [0.15, 0.2) is 0 Å². The van der Waals surface area contributed by atoms with Gasteiger partial charge >= 0.3 is 5.97 Å². The first-order valence-corrected chi connectivity index (χ1v) is 6.56. The number of nitrogens with two attached hydrogens (primary N) is 1. The van der Waals surface area contributed by atoms with Crippen molar-refractivity contribution in [2.45, 2.75) is 24.9 Å². The van der Waals surface area contributed by atoms with Crippen LogP contribution in [0, 0.1) is 11.6 Å². The Labute approximate surface area is 116 Å². The van der Waals surface area contributed by atoms with Crippen LogP contribution >= 0.6 is 0 Å². The lowest BCUT2D eigenvalue weighted by atomic mass is 9.99. The number of hydrogen-bond acceptors (Lipinski definition) is 4. The second kappa shape index (κ2) is 6.28. The topological polar surface area (TPSA) is 55.6 Å². The molecule has 1 unspecified atom stereocenters. The van der Waals surface area contributed by atoms with Crippen molar-refractivity contribution in [1.82, 2.24) is 4.90 Å². The number of rotatable bonds is 3. The van der Waals surface area contributed by atoms with E-state index in [1.165, 1.54) is 13.2 Å². The lowest BCUT2D eigenvalue weighted by molar-refractivity contribution is -0.148. The Bertz CT molecular complexity index is 476. The van der Waals surface area contributed by atoms with Gasteiger partial charge in [0.2, 0.25) is 0 Å². The average Bonchev–Trinajstić information content (AvgIpc) is 2.42. The standard InChI is InChI=1S/C14H18F2N2O2/c1-20-14(19)13(18-7-3-4-9(17)8-18)12-10(15)5-2-6-11(12)16/h2,5-6,9,13H,3-4,7-8,17H2,1H3/t9-,13?/m1/s1. The minimum atomic E-state index is -1.09. The summed E-state index contributed by atoms with van der Waals surface area (Å²) in [7, 11) is 1.21. The van der Waals surface area contributed by atoms with Gasteiger partial charge in [0, 0.05) is 12.6 Å². The van der Waals surface area contributed by atoms with Crippen molar-refractivity contribution in [2.75, 3.05) is 20.2 Å². The van der Waals surface area contributed by atoms with Crippen LogP contribution in [-0.2, 0) is 9.53 Å². The molecule has 20 heavy (non-hydrogen) atoms. The summed E-state index contributed by atoms with van der Waals surface area (Å²) in [5.41, 5.74) is 5.61. The van der Waals surface area contributed by atoms with E-state index in [0.717, 1.165) is 25.0 Å². The van der Waals surface area contributed by atoms with E-state index in [1.54, 1.807) is 4.90 Å². The molecule has 2 rings (SSSR count). The predicted molar refractivity (Wildman–Crippen MR) is 69.9 cm³/mol. The molecule has 6 heteroatoms. The molecule has 1 heterocycles. The van der Waals surface area contributed by atoms with E-state index < -0.39 is 23.6 Å². The lowest BCUT2D eigenvalue weighted by Gasteiger charge is -2.35. The number of likely N-dealkylation sites (tertiary alicyclic amines) is 1. The number of halogens is 2. The second-order valence-corrected chi connectivity index (χ2v) is 4.96. The normalized spacial score (nSPS) is 21.5. The molecule has 0 saturated carbocycles. The molecule has 1 aromatic rings. The fourth-order valence-corrected chi connectivity index (χ4v) is 2.61. The zero-order valence-corrected chi connectivity index (χ0v) is 11.3. The van der Waals surface area contributed by atoms with Crippen LogP contribution in [0.3, 0.4) is 0 Å². The van der Waals surface area contributed by atoms with Gasteiger partial charge in [0.25, 0.3) is 0 Å². The highest BCUT2D eigenvalue weighted by atomic mass is 19.1. The predicted octanol–water partition coefficient (Wildman–Crippen LogP) is 1.60. The van der Waals surface area contributed by atoms with Gasteiger partial charge in [-0.05, 0) is 31.5 Å². The Kier molecular flexibility index (Phi) is 4.67. The molecule has 1 saturated heterocycles. The maximum absolute atomic E-state index is 13.9. The molecule has 2 N–H and O–H groups in total. The molecule has 0 aliphatic carbocycles. The molecule has 0 radical (unpaired) electrons. The van der Waals surface area contributed by atoms with Gasteiger partial charge in [-0.25, -0.2) is 13.6 Å². The molecular weight excluding hydrogens is 266 g/mol. The molecule has 0 spiro atoms. The third-order valence-electron chi connectivity index (χ3n) is 3.55. The number of methoxy groups -OCH3 is 1. The van der Waals surface area contributed by atoms with Crippen LogP contribution in [0.4, 0.5) is 8.78 Å². The molecule has 4 nitrogen and oxygen atoms in total. The molecule has 1 aromatic carbocycles. The van der Waals surface area contributed by atoms with Gasteiger partial charge in [0.05, 0.1) is 12.7 Å². The highest BCUT2D eigenvalue weighted by Crippen LogP contribution is 2.29. The fraction of sp³-hybridized carbons (Fsp3) is 0.500. The maximum atomic E-state index is 13.9. The summed E-state index contributed by atoms with van der Waals surface area (Å²) in [6.45, 7) is 0.967. The van der Waals surface area contributed by atoms with Crippen molar-refractivity contribution in [2.24, 2.45) is 5.73 Å². The van der Waals surface area contributed by atoms with Crippen molar-refractivity contribution >= 4 is 5.97 Å². The number of carbonyl (C=O) groups is 1. The fourth-order valence-electron chi connectivity index (χ4n) is 2.61. The summed E-state index contributed by atoms with van der Waals surface area (Å²) in [5, 5.41) is 0. The third-order valence-corrected chi connectivity index (χ3v) is 3.55. The summed E-state index contributed by atoms with van der Waals surface area (Å²) in [5.74, 6) is -2.18. The summed E-state index contributed by atoms with van der Waals surface area (Å²) in [6, 6.07) is 2.35. The van der Waals surface area contributed by atoms with E-state index in [2.05, 4.69) is 0 Å². The number of benzene rings is 1. The summed E-state index contributed by atoms with van der Waals surface area (Å²) >= 11 is 0. The molecule has 0 bridgehead atoms. The maximum Gasteiger partial charge on any atom is 0.327 e. The number of ether oxygens (including phenoxy) is 1. The van der Waals surface area contributed by atoms with Gasteiger partial charge in [0.1, 0.15) is 17.7 Å². The minimum absolute atomic E-state index is 0.106. The Hall–Kier alpha value is -1.53. The van der Waals surface area contributed by atoms with Crippen LogP contribution in [0.15, 0.2) is 18.2 Å².